The Kier molecular flexibility index (Phi) is 18.6. The first-order valence-corrected chi connectivity index (χ1v) is 14.8. The minimum absolute atomic E-state index is 0.0149. The molecule has 1 aromatic rings. The quantitative estimate of drug-likeness (QED) is 0.264. The molecular weight excluding hydrogens is 514 g/mol. The van der Waals surface area contributed by atoms with Crippen molar-refractivity contribution >= 4 is 23.6 Å². The number of urea groups is 1. The van der Waals surface area contributed by atoms with Gasteiger partial charge in [0.05, 0.1) is 24.3 Å². The van der Waals surface area contributed by atoms with Crippen molar-refractivity contribution in [3.8, 4) is 5.75 Å². The molecule has 1 aliphatic rings. The summed E-state index contributed by atoms with van der Waals surface area (Å²) >= 11 is 6.45. The number of carbonyl (C=O) groups excluding carboxylic acids is 2. The molecule has 1 aliphatic heterocycles. The van der Waals surface area contributed by atoms with E-state index in [1.807, 2.05) is 19.1 Å². The molecule has 0 saturated heterocycles. The average Bonchev–Trinajstić information content (AvgIpc) is 2.85. The zero-order valence-corrected chi connectivity index (χ0v) is 26.6. The largest absolute Gasteiger partial charge is 0.491 e. The first-order valence-electron chi connectivity index (χ1n) is 14.5. The number of ether oxygens (including phenoxy) is 2. The van der Waals surface area contributed by atoms with Gasteiger partial charge >= 0.3 is 12.0 Å². The molecule has 2 rings (SSSR count). The number of amides is 2. The van der Waals surface area contributed by atoms with Crippen molar-refractivity contribution in [1.29, 1.82) is 0 Å². The first-order chi connectivity index (χ1) is 18.3. The average molecular weight is 568 g/mol. The van der Waals surface area contributed by atoms with Crippen LogP contribution >= 0.6 is 11.6 Å². The molecule has 39 heavy (non-hydrogen) atoms. The highest BCUT2D eigenvalue weighted by atomic mass is 35.5. The summed E-state index contributed by atoms with van der Waals surface area (Å²) in [6.45, 7) is 19.9. The summed E-state index contributed by atoms with van der Waals surface area (Å²) in [5.74, 6) is 0.340. The molecular formula is C31H54ClN3O4. The number of hydrogen-bond acceptors (Lipinski definition) is 5. The number of rotatable bonds is 11. The van der Waals surface area contributed by atoms with Crippen molar-refractivity contribution < 1.29 is 19.1 Å². The van der Waals surface area contributed by atoms with Gasteiger partial charge < -0.3 is 25.4 Å². The highest BCUT2D eigenvalue weighted by molar-refractivity contribution is 6.32. The second-order valence-corrected chi connectivity index (χ2v) is 11.4. The van der Waals surface area contributed by atoms with Gasteiger partial charge in [0, 0.05) is 25.2 Å². The predicted octanol–water partition coefficient (Wildman–Crippen LogP) is 8.02. The molecule has 2 unspecified atom stereocenters. The van der Waals surface area contributed by atoms with E-state index in [-0.39, 0.29) is 35.9 Å². The van der Waals surface area contributed by atoms with Crippen LogP contribution in [-0.4, -0.2) is 42.7 Å². The molecule has 0 radical (unpaired) electrons. The third kappa shape index (κ3) is 15.2. The SMILES string of the molecule is CCC.CCCCC.CCOC(=O)CCCN1C=C(C(C)N)C(c2ccc(OCC(C)(C)C)c(Cl)c2)NC1=O. The van der Waals surface area contributed by atoms with Crippen LogP contribution in [0.5, 0.6) is 5.75 Å². The van der Waals surface area contributed by atoms with E-state index in [1.165, 1.54) is 25.7 Å². The number of nitrogens with zero attached hydrogens (tertiary/aromatic N) is 1. The number of nitrogens with two attached hydrogens (primary N) is 1. The molecule has 1 heterocycles. The summed E-state index contributed by atoms with van der Waals surface area (Å²) in [6.07, 6.45) is 7.86. The highest BCUT2D eigenvalue weighted by Gasteiger charge is 2.30. The number of nitrogens with one attached hydrogen (secondary N) is 1. The van der Waals surface area contributed by atoms with Gasteiger partial charge in [-0.1, -0.05) is 91.8 Å². The molecule has 224 valence electrons. The number of unbranched alkanes of at least 4 members (excludes halogenated alkanes) is 2. The topological polar surface area (TPSA) is 93.9 Å². The van der Waals surface area contributed by atoms with Gasteiger partial charge in [-0.2, -0.15) is 0 Å². The van der Waals surface area contributed by atoms with Crippen LogP contribution in [-0.2, 0) is 9.53 Å². The van der Waals surface area contributed by atoms with Crippen molar-refractivity contribution in [2.75, 3.05) is 19.8 Å². The van der Waals surface area contributed by atoms with Crippen molar-refractivity contribution in [3.63, 3.8) is 0 Å². The van der Waals surface area contributed by atoms with Crippen LogP contribution in [0.4, 0.5) is 4.79 Å². The van der Waals surface area contributed by atoms with Crippen molar-refractivity contribution in [2.45, 2.75) is 113 Å². The Labute approximate surface area is 242 Å². The van der Waals surface area contributed by atoms with Crippen LogP contribution in [0.25, 0.3) is 0 Å². The van der Waals surface area contributed by atoms with Crippen LogP contribution in [0.2, 0.25) is 5.02 Å². The number of carbonyl (C=O) groups is 2. The summed E-state index contributed by atoms with van der Waals surface area (Å²) in [4.78, 5) is 25.8. The minimum Gasteiger partial charge on any atom is -0.491 e. The lowest BCUT2D eigenvalue weighted by Gasteiger charge is -2.34. The van der Waals surface area contributed by atoms with Gasteiger partial charge in [0.1, 0.15) is 5.75 Å². The molecule has 2 amide bonds. The van der Waals surface area contributed by atoms with Gasteiger partial charge in [-0.3, -0.25) is 4.79 Å². The summed E-state index contributed by atoms with van der Waals surface area (Å²) in [7, 11) is 0. The third-order valence-corrected chi connectivity index (χ3v) is 5.73. The number of hydrogen-bond donors (Lipinski definition) is 2. The van der Waals surface area contributed by atoms with Gasteiger partial charge in [0.25, 0.3) is 0 Å². The Balaban J connectivity index is 0.00000159. The summed E-state index contributed by atoms with van der Waals surface area (Å²) in [5, 5.41) is 3.49. The maximum absolute atomic E-state index is 12.7. The molecule has 0 aliphatic carbocycles. The van der Waals surface area contributed by atoms with Gasteiger partial charge in [0.2, 0.25) is 0 Å². The fourth-order valence-corrected chi connectivity index (χ4v) is 3.76. The molecule has 1 aromatic carbocycles. The minimum atomic E-state index is -0.386. The van der Waals surface area contributed by atoms with Crippen LogP contribution in [0.1, 0.15) is 112 Å². The summed E-state index contributed by atoms with van der Waals surface area (Å²) in [6, 6.07) is 4.60. The molecule has 8 heteroatoms. The fraction of sp³-hybridized carbons (Fsp3) is 0.677. The van der Waals surface area contributed by atoms with E-state index in [4.69, 9.17) is 26.8 Å². The lowest BCUT2D eigenvalue weighted by Crippen LogP contribution is -2.47. The smallest absolute Gasteiger partial charge is 0.322 e. The normalized spacial score (nSPS) is 15.6. The molecule has 0 saturated carbocycles. The highest BCUT2D eigenvalue weighted by Crippen LogP contribution is 2.34. The maximum atomic E-state index is 12.7. The molecule has 0 spiro atoms. The van der Waals surface area contributed by atoms with E-state index < -0.39 is 0 Å². The lowest BCUT2D eigenvalue weighted by atomic mass is 9.93. The Bertz CT molecular complexity index is 879. The summed E-state index contributed by atoms with van der Waals surface area (Å²) in [5.41, 5.74) is 7.91. The maximum Gasteiger partial charge on any atom is 0.322 e. The Morgan fingerprint density at radius 2 is 1.74 bits per heavy atom. The zero-order chi connectivity index (χ0) is 30.0. The summed E-state index contributed by atoms with van der Waals surface area (Å²) < 4.78 is 10.8. The lowest BCUT2D eigenvalue weighted by molar-refractivity contribution is -0.143. The van der Waals surface area contributed by atoms with Crippen LogP contribution in [0.15, 0.2) is 30.0 Å². The van der Waals surface area contributed by atoms with E-state index in [1.54, 1.807) is 24.1 Å². The predicted molar refractivity (Wildman–Crippen MR) is 163 cm³/mol. The van der Waals surface area contributed by atoms with Gasteiger partial charge in [-0.15, -0.1) is 0 Å². The van der Waals surface area contributed by atoms with Crippen LogP contribution in [0, 0.1) is 5.41 Å². The van der Waals surface area contributed by atoms with E-state index in [0.29, 0.717) is 37.0 Å². The number of halogens is 1. The number of benzene rings is 1. The molecule has 2 atom stereocenters. The molecule has 0 bridgehead atoms. The van der Waals surface area contributed by atoms with Crippen LogP contribution < -0.4 is 15.8 Å². The zero-order valence-electron chi connectivity index (χ0n) is 25.9. The third-order valence-electron chi connectivity index (χ3n) is 5.44. The molecule has 7 nitrogen and oxygen atoms in total. The first kappa shape index (κ1) is 36.8. The van der Waals surface area contributed by atoms with Gasteiger partial charge in [-0.25, -0.2) is 4.79 Å². The van der Waals surface area contributed by atoms with Crippen molar-refractivity contribution in [3.05, 3.63) is 40.6 Å². The molecule has 0 fully saturated rings. The van der Waals surface area contributed by atoms with E-state index in [9.17, 15) is 9.59 Å². The Morgan fingerprint density at radius 3 is 2.21 bits per heavy atom. The van der Waals surface area contributed by atoms with Crippen molar-refractivity contribution in [2.24, 2.45) is 11.1 Å². The van der Waals surface area contributed by atoms with E-state index >= 15 is 0 Å². The van der Waals surface area contributed by atoms with Gasteiger partial charge in [-0.05, 0) is 49.0 Å². The van der Waals surface area contributed by atoms with Crippen LogP contribution in [0.3, 0.4) is 0 Å². The second-order valence-electron chi connectivity index (χ2n) is 11.0. The second kappa shape index (κ2) is 19.8. The molecule has 3 N–H and O–H groups in total. The van der Waals surface area contributed by atoms with E-state index in [0.717, 1.165) is 11.1 Å². The standard InChI is InChI=1S/C23H34ClN3O4.C5H12.C3H8/c1-6-30-20(28)8-7-11-27-13-17(15(2)25)21(26-22(27)29)16-9-10-19(18(24)12-16)31-14-23(3,4)5;1-3-5-4-2;1-3-2/h9-10,12-13,15,21H,6-8,11,14,25H2,1-5H3,(H,26,29);3-5H2,1-2H3;3H2,1-2H3. The van der Waals surface area contributed by atoms with Gasteiger partial charge in [0.15, 0.2) is 0 Å². The molecule has 0 aromatic heterocycles. The van der Waals surface area contributed by atoms with Crippen molar-refractivity contribution in [1.82, 2.24) is 10.2 Å². The number of esters is 1. The Morgan fingerprint density at radius 1 is 1.13 bits per heavy atom. The fourth-order valence-electron chi connectivity index (χ4n) is 3.51. The van der Waals surface area contributed by atoms with E-state index in [2.05, 4.69) is 53.8 Å². The monoisotopic (exact) mass is 567 g/mol. The Hall–Kier alpha value is -2.25.